The smallest absolute Gasteiger partial charge is 0.355 e. The number of aromatic amines is 2. The Bertz CT molecular complexity index is 2150. The third-order valence-electron chi connectivity index (χ3n) is 8.79. The third kappa shape index (κ3) is 5.65. The van der Waals surface area contributed by atoms with Gasteiger partial charge in [0.25, 0.3) is 0 Å². The molecule has 0 radical (unpaired) electrons. The average Bonchev–Trinajstić information content (AvgIpc) is 3.96. The van der Waals surface area contributed by atoms with E-state index in [9.17, 15) is 18.4 Å². The van der Waals surface area contributed by atoms with E-state index in [0.717, 1.165) is 70.3 Å². The molecule has 12 heteroatoms. The zero-order chi connectivity index (χ0) is 33.7. The van der Waals surface area contributed by atoms with Crippen LogP contribution < -0.4 is 0 Å². The number of rotatable bonds is 8. The molecule has 0 aliphatic heterocycles. The van der Waals surface area contributed by atoms with Gasteiger partial charge in [0.05, 0.1) is 41.2 Å². The van der Waals surface area contributed by atoms with Gasteiger partial charge in [-0.05, 0) is 74.9 Å². The van der Waals surface area contributed by atoms with Gasteiger partial charge in [0.2, 0.25) is 0 Å². The molecule has 48 heavy (non-hydrogen) atoms. The Morgan fingerprint density at radius 2 is 1.23 bits per heavy atom. The Balaban J connectivity index is 0.000000152. The number of carbonyl (C=O) groups is 2. The van der Waals surface area contributed by atoms with Crippen molar-refractivity contribution in [3.63, 3.8) is 0 Å². The first-order chi connectivity index (χ1) is 23.2. The van der Waals surface area contributed by atoms with E-state index in [1.54, 1.807) is 42.8 Å². The second-order valence-electron chi connectivity index (χ2n) is 12.2. The number of aromatic nitrogens is 6. The Kier molecular flexibility index (Phi) is 8.10. The molecular weight excluding hydrogens is 618 g/mol. The van der Waals surface area contributed by atoms with E-state index in [0.29, 0.717) is 47.6 Å². The van der Waals surface area contributed by atoms with Gasteiger partial charge >= 0.3 is 11.9 Å². The largest absolute Gasteiger partial charge is 0.461 e. The van der Waals surface area contributed by atoms with Crippen LogP contribution in [0.5, 0.6) is 0 Å². The molecule has 2 fully saturated rings. The van der Waals surface area contributed by atoms with Crippen molar-refractivity contribution in [2.24, 2.45) is 14.1 Å². The van der Waals surface area contributed by atoms with Gasteiger partial charge in [-0.3, -0.25) is 9.36 Å². The fourth-order valence-electron chi connectivity index (χ4n) is 6.38. The minimum atomic E-state index is -0.417. The number of hydrogen-bond acceptors (Lipinski definition) is 6. The number of nitrogens with zero attached hydrogens (tertiary/aromatic N) is 4. The summed E-state index contributed by atoms with van der Waals surface area (Å²) in [6.45, 7) is 4.13. The molecular formula is C36H36F2N6O4. The van der Waals surface area contributed by atoms with Crippen molar-refractivity contribution in [3.05, 3.63) is 82.9 Å². The van der Waals surface area contributed by atoms with Crippen LogP contribution in [0.1, 0.15) is 83.7 Å². The molecule has 10 nitrogen and oxygen atoms in total. The van der Waals surface area contributed by atoms with E-state index in [1.807, 2.05) is 18.8 Å². The Hall–Kier alpha value is -5.26. The van der Waals surface area contributed by atoms with Crippen LogP contribution in [0, 0.1) is 11.6 Å². The molecule has 0 spiro atoms. The third-order valence-corrected chi connectivity index (χ3v) is 8.79. The summed E-state index contributed by atoms with van der Waals surface area (Å²) >= 11 is 0. The minimum Gasteiger partial charge on any atom is -0.461 e. The number of fused-ring (bicyclic) bond motifs is 2. The minimum absolute atomic E-state index is 0.293. The highest BCUT2D eigenvalue weighted by atomic mass is 19.1. The van der Waals surface area contributed by atoms with Gasteiger partial charge in [0, 0.05) is 37.1 Å². The molecule has 2 aromatic carbocycles. The van der Waals surface area contributed by atoms with Gasteiger partial charge < -0.3 is 19.4 Å². The van der Waals surface area contributed by atoms with Gasteiger partial charge in [-0.25, -0.2) is 18.4 Å². The zero-order valence-corrected chi connectivity index (χ0v) is 27.2. The standard InChI is InChI=1S/2C18H18FN3O2/c1-3-24-18(23)15-13(10-6-8-12(19)9-7-10)14-16(20-15)17(11-4-5-11)22(2)21-14;1-3-24-18(23)15-13(10-6-8-12(19)9-7-10)17-16(20-15)14(11-4-5-11)21-22(17)2/h2*6-9,11,20H,3-5H2,1-2H3. The highest BCUT2D eigenvalue weighted by molar-refractivity contribution is 6.08. The molecule has 8 rings (SSSR count). The molecule has 0 atom stereocenters. The average molecular weight is 655 g/mol. The molecule has 2 N–H and O–H groups in total. The van der Waals surface area contributed by atoms with Crippen LogP contribution >= 0.6 is 0 Å². The summed E-state index contributed by atoms with van der Waals surface area (Å²) in [4.78, 5) is 31.3. The number of nitrogens with one attached hydrogen (secondary N) is 2. The molecule has 6 aromatic rings. The lowest BCUT2D eigenvalue weighted by Crippen LogP contribution is -2.07. The number of halogens is 2. The highest BCUT2D eigenvalue weighted by Crippen LogP contribution is 2.46. The van der Waals surface area contributed by atoms with Gasteiger partial charge in [0.1, 0.15) is 28.5 Å². The van der Waals surface area contributed by atoms with E-state index >= 15 is 0 Å². The van der Waals surface area contributed by atoms with Crippen molar-refractivity contribution >= 4 is 34.0 Å². The zero-order valence-electron chi connectivity index (χ0n) is 27.2. The van der Waals surface area contributed by atoms with Crippen molar-refractivity contribution in [1.29, 1.82) is 0 Å². The normalized spacial score (nSPS) is 14.3. The van der Waals surface area contributed by atoms with Crippen molar-refractivity contribution in [1.82, 2.24) is 29.5 Å². The maximum atomic E-state index is 13.3. The number of hydrogen-bond donors (Lipinski definition) is 2. The highest BCUT2D eigenvalue weighted by Gasteiger charge is 2.34. The summed E-state index contributed by atoms with van der Waals surface area (Å²) in [7, 11) is 3.78. The van der Waals surface area contributed by atoms with Crippen molar-refractivity contribution < 1.29 is 27.8 Å². The molecule has 4 heterocycles. The van der Waals surface area contributed by atoms with Crippen LogP contribution in [0.15, 0.2) is 48.5 Å². The van der Waals surface area contributed by atoms with Crippen LogP contribution in [0.3, 0.4) is 0 Å². The van der Waals surface area contributed by atoms with Crippen LogP contribution in [-0.2, 0) is 23.6 Å². The second-order valence-corrected chi connectivity index (χ2v) is 12.2. The molecule has 2 aliphatic carbocycles. The number of H-pyrrole nitrogens is 2. The predicted octanol–water partition coefficient (Wildman–Crippen LogP) is 7.52. The van der Waals surface area contributed by atoms with Gasteiger partial charge in [-0.15, -0.1) is 0 Å². The summed E-state index contributed by atoms with van der Waals surface area (Å²) < 4.78 is 40.6. The van der Waals surface area contributed by atoms with E-state index in [2.05, 4.69) is 20.2 Å². The summed E-state index contributed by atoms with van der Waals surface area (Å²) in [6.07, 6.45) is 4.50. The molecule has 0 amide bonds. The fourth-order valence-corrected chi connectivity index (χ4v) is 6.38. The van der Waals surface area contributed by atoms with E-state index < -0.39 is 11.9 Å². The summed E-state index contributed by atoms with van der Waals surface area (Å²) in [5.41, 5.74) is 9.11. The molecule has 4 aromatic heterocycles. The molecule has 0 bridgehead atoms. The lowest BCUT2D eigenvalue weighted by atomic mass is 10.0. The number of ether oxygens (including phenoxy) is 2. The van der Waals surface area contributed by atoms with Crippen molar-refractivity contribution in [2.45, 2.75) is 51.4 Å². The molecule has 248 valence electrons. The molecule has 0 unspecified atom stereocenters. The van der Waals surface area contributed by atoms with Gasteiger partial charge in [0.15, 0.2) is 0 Å². The van der Waals surface area contributed by atoms with Crippen molar-refractivity contribution in [3.8, 4) is 22.3 Å². The maximum Gasteiger partial charge on any atom is 0.355 e. The Labute approximate surface area is 275 Å². The lowest BCUT2D eigenvalue weighted by molar-refractivity contribution is 0.0512. The summed E-state index contributed by atoms with van der Waals surface area (Å²) in [6, 6.07) is 12.2. The second kappa shape index (κ2) is 12.4. The van der Waals surface area contributed by atoms with Crippen molar-refractivity contribution in [2.75, 3.05) is 13.2 Å². The fraction of sp³-hybridized carbons (Fsp3) is 0.333. The first-order valence-electron chi connectivity index (χ1n) is 16.2. The van der Waals surface area contributed by atoms with E-state index in [1.165, 1.54) is 24.3 Å². The number of carbonyl (C=O) groups excluding carboxylic acids is 2. The van der Waals surface area contributed by atoms with Gasteiger partial charge in [-0.2, -0.15) is 10.2 Å². The predicted molar refractivity (Wildman–Crippen MR) is 177 cm³/mol. The first kappa shape index (κ1) is 31.3. The number of esters is 2. The Morgan fingerprint density at radius 3 is 1.75 bits per heavy atom. The summed E-state index contributed by atoms with van der Waals surface area (Å²) in [5.74, 6) is -0.526. The van der Waals surface area contributed by atoms with Crippen LogP contribution in [0.25, 0.3) is 44.3 Å². The molecule has 0 saturated heterocycles. The van der Waals surface area contributed by atoms with Gasteiger partial charge in [-0.1, -0.05) is 24.3 Å². The monoisotopic (exact) mass is 654 g/mol. The lowest BCUT2D eigenvalue weighted by Gasteiger charge is -2.06. The first-order valence-corrected chi connectivity index (χ1v) is 16.2. The summed E-state index contributed by atoms with van der Waals surface area (Å²) in [5, 5.41) is 9.24. The number of aryl methyl sites for hydroxylation is 2. The topological polar surface area (TPSA) is 120 Å². The van der Waals surface area contributed by atoms with Crippen LogP contribution in [0.4, 0.5) is 8.78 Å². The number of benzene rings is 2. The maximum absolute atomic E-state index is 13.3. The van der Waals surface area contributed by atoms with E-state index in [4.69, 9.17) is 9.47 Å². The molecule has 2 aliphatic rings. The molecule has 2 saturated carbocycles. The Morgan fingerprint density at radius 1 is 0.729 bits per heavy atom. The SMILES string of the molecule is CCOC(=O)c1[nH]c2c(C3CC3)n(C)nc2c1-c1ccc(F)cc1.CCOC(=O)c1[nH]c2c(C3CC3)nn(C)c2c1-c1ccc(F)cc1. The van der Waals surface area contributed by atoms with Crippen LogP contribution in [-0.4, -0.2) is 54.7 Å². The quantitative estimate of drug-likeness (QED) is 0.164. The van der Waals surface area contributed by atoms with E-state index in [-0.39, 0.29) is 11.6 Å². The van der Waals surface area contributed by atoms with Crippen LogP contribution in [0.2, 0.25) is 0 Å².